The van der Waals surface area contributed by atoms with Crippen molar-refractivity contribution in [2.75, 3.05) is 30.8 Å². The third-order valence-electron chi connectivity index (χ3n) is 3.70. The molecule has 3 heteroatoms. The van der Waals surface area contributed by atoms with Crippen LogP contribution in [0.3, 0.4) is 0 Å². The first-order chi connectivity index (χ1) is 8.11. The molecule has 0 aromatic heterocycles. The van der Waals surface area contributed by atoms with Crippen LogP contribution in [0, 0.1) is 12.3 Å². The highest BCUT2D eigenvalue weighted by atomic mass is 16.5. The minimum atomic E-state index is 0.326. The van der Waals surface area contributed by atoms with Gasteiger partial charge in [-0.15, -0.1) is 0 Å². The van der Waals surface area contributed by atoms with Gasteiger partial charge in [0.25, 0.3) is 0 Å². The van der Waals surface area contributed by atoms with Crippen LogP contribution in [0.4, 0.5) is 11.4 Å². The van der Waals surface area contributed by atoms with E-state index in [0.29, 0.717) is 5.41 Å². The normalized spacial score (nSPS) is 18.9. The van der Waals surface area contributed by atoms with E-state index in [2.05, 4.69) is 25.2 Å². The van der Waals surface area contributed by atoms with Gasteiger partial charge >= 0.3 is 0 Å². The van der Waals surface area contributed by atoms with E-state index in [0.717, 1.165) is 44.0 Å². The zero-order chi connectivity index (χ0) is 12.3. The van der Waals surface area contributed by atoms with Crippen molar-refractivity contribution in [1.29, 1.82) is 0 Å². The molecule has 0 amide bonds. The Balaban J connectivity index is 2.02. The second kappa shape index (κ2) is 4.96. The molecule has 0 unspecified atom stereocenters. The fraction of sp³-hybridized carbons (Fsp3) is 0.571. The second-order valence-electron chi connectivity index (χ2n) is 5.32. The molecule has 3 N–H and O–H groups in total. The van der Waals surface area contributed by atoms with Crippen molar-refractivity contribution in [3.05, 3.63) is 23.8 Å². The van der Waals surface area contributed by atoms with Crippen molar-refractivity contribution < 1.29 is 4.74 Å². The largest absolute Gasteiger partial charge is 0.397 e. The molecule has 0 saturated carbocycles. The molecule has 1 heterocycles. The molecule has 1 aliphatic heterocycles. The Bertz CT molecular complexity index is 364. The molecular weight excluding hydrogens is 212 g/mol. The lowest BCUT2D eigenvalue weighted by molar-refractivity contribution is 0.0300. The van der Waals surface area contributed by atoms with Gasteiger partial charge in [0.05, 0.1) is 11.4 Å². The van der Waals surface area contributed by atoms with Crippen LogP contribution in [0.2, 0.25) is 0 Å². The van der Waals surface area contributed by atoms with E-state index < -0.39 is 0 Å². The molecule has 17 heavy (non-hydrogen) atoms. The summed E-state index contributed by atoms with van der Waals surface area (Å²) < 4.78 is 5.41. The summed E-state index contributed by atoms with van der Waals surface area (Å²) in [5, 5.41) is 3.51. The van der Waals surface area contributed by atoms with E-state index in [4.69, 9.17) is 10.5 Å². The van der Waals surface area contributed by atoms with Gasteiger partial charge in [0.1, 0.15) is 0 Å². The van der Waals surface area contributed by atoms with E-state index in [9.17, 15) is 0 Å². The summed E-state index contributed by atoms with van der Waals surface area (Å²) in [6.45, 7) is 7.12. The molecule has 0 spiro atoms. The highest BCUT2D eigenvalue weighted by Crippen LogP contribution is 2.31. The number of hydrogen-bond acceptors (Lipinski definition) is 3. The summed E-state index contributed by atoms with van der Waals surface area (Å²) in [4.78, 5) is 0. The molecule has 1 fully saturated rings. The average molecular weight is 234 g/mol. The van der Waals surface area contributed by atoms with Crippen LogP contribution < -0.4 is 11.1 Å². The van der Waals surface area contributed by atoms with Crippen molar-refractivity contribution in [3.63, 3.8) is 0 Å². The van der Waals surface area contributed by atoms with Gasteiger partial charge in [-0.2, -0.15) is 0 Å². The summed E-state index contributed by atoms with van der Waals surface area (Å²) in [5.74, 6) is 0. The van der Waals surface area contributed by atoms with Gasteiger partial charge in [0, 0.05) is 19.8 Å². The first kappa shape index (κ1) is 12.2. The number of aryl methyl sites for hydroxylation is 1. The second-order valence-corrected chi connectivity index (χ2v) is 5.32. The fourth-order valence-corrected chi connectivity index (χ4v) is 2.27. The van der Waals surface area contributed by atoms with Crippen molar-refractivity contribution in [3.8, 4) is 0 Å². The predicted molar refractivity (Wildman–Crippen MR) is 72.2 cm³/mol. The molecule has 0 radical (unpaired) electrons. The maximum atomic E-state index is 5.99. The number of nitrogen functional groups attached to an aromatic ring is 1. The van der Waals surface area contributed by atoms with E-state index in [-0.39, 0.29) is 0 Å². The van der Waals surface area contributed by atoms with Crippen LogP contribution in [0.1, 0.15) is 25.3 Å². The van der Waals surface area contributed by atoms with Gasteiger partial charge < -0.3 is 15.8 Å². The summed E-state index contributed by atoms with van der Waals surface area (Å²) in [5.41, 5.74) is 9.45. The molecule has 1 aliphatic rings. The molecule has 1 aromatic rings. The van der Waals surface area contributed by atoms with Crippen molar-refractivity contribution in [2.45, 2.75) is 26.7 Å². The summed E-state index contributed by atoms with van der Waals surface area (Å²) in [6.07, 6.45) is 2.23. The van der Waals surface area contributed by atoms with E-state index >= 15 is 0 Å². The van der Waals surface area contributed by atoms with Crippen molar-refractivity contribution >= 4 is 11.4 Å². The lowest BCUT2D eigenvalue weighted by Crippen LogP contribution is -2.33. The minimum absolute atomic E-state index is 0.326. The Morgan fingerprint density at radius 3 is 2.71 bits per heavy atom. The van der Waals surface area contributed by atoms with Gasteiger partial charge in [-0.3, -0.25) is 0 Å². The monoisotopic (exact) mass is 234 g/mol. The zero-order valence-corrected chi connectivity index (χ0v) is 10.8. The number of hydrogen-bond donors (Lipinski definition) is 2. The van der Waals surface area contributed by atoms with Crippen LogP contribution in [0.25, 0.3) is 0 Å². The molecule has 0 bridgehead atoms. The average Bonchev–Trinajstić information content (AvgIpc) is 2.29. The van der Waals surface area contributed by atoms with Crippen LogP contribution in [-0.2, 0) is 4.74 Å². The highest BCUT2D eigenvalue weighted by Gasteiger charge is 2.27. The Morgan fingerprint density at radius 2 is 2.06 bits per heavy atom. The number of nitrogens with one attached hydrogen (secondary N) is 1. The Labute approximate surface area is 103 Å². The molecule has 3 nitrogen and oxygen atoms in total. The maximum absolute atomic E-state index is 5.99. The Kier molecular flexibility index (Phi) is 3.57. The number of para-hydroxylation sites is 1. The lowest BCUT2D eigenvalue weighted by atomic mass is 9.82. The van der Waals surface area contributed by atoms with Crippen LogP contribution >= 0.6 is 0 Å². The molecule has 1 saturated heterocycles. The van der Waals surface area contributed by atoms with E-state index in [1.54, 1.807) is 0 Å². The first-order valence-electron chi connectivity index (χ1n) is 6.27. The molecule has 0 atom stereocenters. The van der Waals surface area contributed by atoms with Crippen molar-refractivity contribution in [2.24, 2.45) is 5.41 Å². The minimum Gasteiger partial charge on any atom is -0.397 e. The number of nitrogens with two attached hydrogens (primary N) is 1. The lowest BCUT2D eigenvalue weighted by Gasteiger charge is -2.34. The summed E-state index contributed by atoms with van der Waals surface area (Å²) in [7, 11) is 0. The predicted octanol–water partition coefficient (Wildman–Crippen LogP) is 2.81. The first-order valence-corrected chi connectivity index (χ1v) is 6.27. The van der Waals surface area contributed by atoms with Gasteiger partial charge in [-0.25, -0.2) is 0 Å². The highest BCUT2D eigenvalue weighted by molar-refractivity contribution is 5.69. The van der Waals surface area contributed by atoms with Gasteiger partial charge in [-0.05, 0) is 36.8 Å². The number of anilines is 2. The van der Waals surface area contributed by atoms with E-state index in [1.807, 2.05) is 12.1 Å². The maximum Gasteiger partial charge on any atom is 0.0603 e. The SMILES string of the molecule is Cc1cccc(N)c1NCC1(C)CCOCC1. The Hall–Kier alpha value is -1.22. The number of ether oxygens (including phenoxy) is 1. The zero-order valence-electron chi connectivity index (χ0n) is 10.8. The molecule has 0 aliphatic carbocycles. The third kappa shape index (κ3) is 2.91. The standard InChI is InChI=1S/C14H22N2O/c1-11-4-3-5-12(15)13(11)16-10-14(2)6-8-17-9-7-14/h3-5,16H,6-10,15H2,1-2H3. The Morgan fingerprint density at radius 1 is 1.35 bits per heavy atom. The molecule has 94 valence electrons. The quantitative estimate of drug-likeness (QED) is 0.791. The van der Waals surface area contributed by atoms with Crippen molar-refractivity contribution in [1.82, 2.24) is 0 Å². The van der Waals surface area contributed by atoms with E-state index in [1.165, 1.54) is 5.56 Å². The van der Waals surface area contributed by atoms with Crippen LogP contribution in [0.15, 0.2) is 18.2 Å². The fourth-order valence-electron chi connectivity index (χ4n) is 2.27. The summed E-state index contributed by atoms with van der Waals surface area (Å²) >= 11 is 0. The molecule has 1 aromatic carbocycles. The van der Waals surface area contributed by atoms with Gasteiger partial charge in [-0.1, -0.05) is 19.1 Å². The topological polar surface area (TPSA) is 47.3 Å². The molecular formula is C14H22N2O. The summed E-state index contributed by atoms with van der Waals surface area (Å²) in [6, 6.07) is 6.03. The van der Waals surface area contributed by atoms with Crippen LogP contribution in [0.5, 0.6) is 0 Å². The number of benzene rings is 1. The number of rotatable bonds is 3. The van der Waals surface area contributed by atoms with Gasteiger partial charge in [0.15, 0.2) is 0 Å². The van der Waals surface area contributed by atoms with Crippen LogP contribution in [-0.4, -0.2) is 19.8 Å². The smallest absolute Gasteiger partial charge is 0.0603 e. The van der Waals surface area contributed by atoms with Gasteiger partial charge in [0.2, 0.25) is 0 Å². The molecule has 2 rings (SSSR count). The third-order valence-corrected chi connectivity index (χ3v) is 3.70.